The van der Waals surface area contributed by atoms with Gasteiger partial charge in [-0.3, -0.25) is 0 Å². The molecule has 3 nitrogen and oxygen atoms in total. The van der Waals surface area contributed by atoms with Crippen LogP contribution >= 0.6 is 0 Å². The fourth-order valence-corrected chi connectivity index (χ4v) is 13.5. The van der Waals surface area contributed by atoms with Gasteiger partial charge in [0.2, 0.25) is 0 Å². The smallest absolute Gasteiger partial charge is 0.342 e. The van der Waals surface area contributed by atoms with Gasteiger partial charge in [0, 0.05) is 0 Å². The summed E-state index contributed by atoms with van der Waals surface area (Å²) in [5.41, 5.74) is 5.65. The fraction of sp³-hybridized carbons (Fsp3) is 0.455. The molecule has 0 aromatic heterocycles. The van der Waals surface area contributed by atoms with Crippen LogP contribution < -0.4 is 0 Å². The van der Waals surface area contributed by atoms with Crippen molar-refractivity contribution in [2.24, 2.45) is 0 Å². The van der Waals surface area contributed by atoms with Gasteiger partial charge in [-0.25, -0.2) is 0 Å². The largest absolute Gasteiger partial charge is 0.438 e. The normalized spacial score (nSPS) is 18.5. The van der Waals surface area contributed by atoms with Crippen molar-refractivity contribution < 1.29 is 12.3 Å². The monoisotopic (exact) mass is 318 g/mol. The first-order valence-electron chi connectivity index (χ1n) is 6.11. The van der Waals surface area contributed by atoms with Gasteiger partial charge in [0.15, 0.2) is 17.4 Å². The summed E-state index contributed by atoms with van der Waals surface area (Å²) in [6.07, 6.45) is 0. The third-order valence-electron chi connectivity index (χ3n) is 2.47. The van der Waals surface area contributed by atoms with Crippen LogP contribution in [0.15, 0.2) is 36.8 Å². The van der Waals surface area contributed by atoms with Gasteiger partial charge in [-0.15, -0.1) is 19.7 Å². The lowest BCUT2D eigenvalue weighted by atomic mass is 11.3. The number of rotatable bonds is 9. The Labute approximate surface area is 117 Å². The van der Waals surface area contributed by atoms with Crippen LogP contribution in [0.25, 0.3) is 0 Å². The van der Waals surface area contributed by atoms with Crippen LogP contribution in [0.5, 0.6) is 0 Å². The maximum Gasteiger partial charge on any atom is 0.342 e. The minimum absolute atomic E-state index is 1.28. The average Bonchev–Trinajstić information content (AvgIpc) is 2.27. The molecule has 0 aliphatic rings. The van der Waals surface area contributed by atoms with Gasteiger partial charge in [-0.05, 0) is 32.7 Å². The quantitative estimate of drug-likeness (QED) is 0.612. The predicted molar refractivity (Wildman–Crippen MR) is 89.0 cm³/mol. The third-order valence-corrected chi connectivity index (χ3v) is 15.0. The summed E-state index contributed by atoms with van der Waals surface area (Å²) in [6.45, 7) is 21.8. The van der Waals surface area contributed by atoms with Gasteiger partial charge >= 0.3 is 8.56 Å². The van der Waals surface area contributed by atoms with E-state index in [-0.39, 0.29) is 0 Å². The van der Waals surface area contributed by atoms with Crippen molar-refractivity contribution >= 4 is 35.2 Å². The van der Waals surface area contributed by atoms with E-state index in [0.717, 1.165) is 0 Å². The second-order valence-corrected chi connectivity index (χ2v) is 16.8. The van der Waals surface area contributed by atoms with Crippen molar-refractivity contribution in [1.29, 1.82) is 0 Å². The average molecular weight is 319 g/mol. The summed E-state index contributed by atoms with van der Waals surface area (Å²) in [7, 11) is -7.16. The zero-order valence-electron chi connectivity index (χ0n) is 12.2. The number of hydrogen-bond acceptors (Lipinski definition) is 3. The van der Waals surface area contributed by atoms with Crippen LogP contribution in [-0.4, -0.2) is 35.2 Å². The van der Waals surface area contributed by atoms with E-state index in [1.165, 1.54) is 0 Å². The van der Waals surface area contributed by atoms with Crippen molar-refractivity contribution in [3.05, 3.63) is 36.8 Å². The highest BCUT2D eigenvalue weighted by Crippen LogP contribution is 2.18. The van der Waals surface area contributed by atoms with Crippen molar-refractivity contribution in [1.82, 2.24) is 0 Å². The maximum absolute atomic E-state index is 6.17. The Hall–Kier alpha value is -0.0325. The zero-order valence-corrected chi connectivity index (χ0v) is 16.5. The van der Waals surface area contributed by atoms with Crippen LogP contribution in [0.4, 0.5) is 0 Å². The molecular formula is C11H26O3Si4. The minimum atomic E-state index is -2.34. The van der Waals surface area contributed by atoms with E-state index in [9.17, 15) is 0 Å². The molecule has 0 aromatic carbocycles. The lowest BCUT2D eigenvalue weighted by molar-refractivity contribution is 0.364. The molecule has 0 bridgehead atoms. The molecule has 0 amide bonds. The van der Waals surface area contributed by atoms with Gasteiger partial charge in [-0.1, -0.05) is 17.1 Å². The Bertz CT molecular complexity index is 309. The molecule has 0 saturated carbocycles. The van der Waals surface area contributed by atoms with Crippen LogP contribution in [0, 0.1) is 0 Å². The molecule has 0 aliphatic heterocycles. The Morgan fingerprint density at radius 3 is 1.94 bits per heavy atom. The summed E-state index contributed by atoms with van der Waals surface area (Å²) in [5, 5.41) is 0. The first-order chi connectivity index (χ1) is 8.18. The molecule has 0 aromatic rings. The van der Waals surface area contributed by atoms with E-state index in [1.54, 1.807) is 0 Å². The van der Waals surface area contributed by atoms with Gasteiger partial charge in [0.05, 0.1) is 0 Å². The molecule has 0 spiro atoms. The van der Waals surface area contributed by atoms with Crippen LogP contribution in [-0.2, 0) is 12.3 Å². The summed E-state index contributed by atoms with van der Waals surface area (Å²) < 4.78 is 18.1. The SMILES string of the molecule is C=C[SiH](C)O[SiH](C)O[Si](C)(C=C)O[Si](C)(C)C=C. The van der Waals surface area contributed by atoms with Crippen molar-refractivity contribution in [3.8, 4) is 0 Å². The van der Waals surface area contributed by atoms with Gasteiger partial charge in [0.1, 0.15) is 0 Å². The topological polar surface area (TPSA) is 27.7 Å². The second kappa shape index (κ2) is 7.53. The molecule has 0 fully saturated rings. The van der Waals surface area contributed by atoms with E-state index in [4.69, 9.17) is 12.3 Å². The van der Waals surface area contributed by atoms with Gasteiger partial charge < -0.3 is 12.3 Å². The minimum Gasteiger partial charge on any atom is -0.438 e. The summed E-state index contributed by atoms with van der Waals surface area (Å²) in [5.74, 6) is 0. The van der Waals surface area contributed by atoms with Crippen LogP contribution in [0.3, 0.4) is 0 Å². The van der Waals surface area contributed by atoms with Crippen LogP contribution in [0.1, 0.15) is 0 Å². The summed E-state index contributed by atoms with van der Waals surface area (Å²) in [6, 6.07) is 0. The molecule has 3 unspecified atom stereocenters. The Kier molecular flexibility index (Phi) is 7.52. The zero-order chi connectivity index (χ0) is 14.4. The predicted octanol–water partition coefficient (Wildman–Crippen LogP) is 2.69. The highest BCUT2D eigenvalue weighted by atomic mass is 28.5. The Morgan fingerprint density at radius 1 is 1.00 bits per heavy atom. The summed E-state index contributed by atoms with van der Waals surface area (Å²) in [4.78, 5) is 0. The molecule has 0 rings (SSSR count). The molecule has 0 saturated heterocycles. The van der Waals surface area contributed by atoms with E-state index in [1.807, 2.05) is 30.2 Å². The highest BCUT2D eigenvalue weighted by Gasteiger charge is 2.36. The van der Waals surface area contributed by atoms with Gasteiger partial charge in [-0.2, -0.15) is 0 Å². The standard InChI is InChI=1S/C11H26O3Si4/c1-9-15(4)12-16(5)13-18(8,11-3)14-17(6,7)10-2/h9-11,15-16H,1-3H2,4-8H3. The first kappa shape index (κ1) is 18.0. The molecule has 104 valence electrons. The lowest BCUT2D eigenvalue weighted by Gasteiger charge is -2.34. The molecule has 18 heavy (non-hydrogen) atoms. The molecular weight excluding hydrogens is 292 g/mol. The van der Waals surface area contributed by atoms with E-state index >= 15 is 0 Å². The molecule has 0 heterocycles. The number of hydrogen-bond donors (Lipinski definition) is 0. The van der Waals surface area contributed by atoms with Crippen molar-refractivity contribution in [3.63, 3.8) is 0 Å². The third kappa shape index (κ3) is 6.78. The van der Waals surface area contributed by atoms with Crippen molar-refractivity contribution in [2.75, 3.05) is 0 Å². The van der Waals surface area contributed by atoms with Gasteiger partial charge in [0.25, 0.3) is 9.28 Å². The Balaban J connectivity index is 4.61. The van der Waals surface area contributed by atoms with Crippen LogP contribution in [0.2, 0.25) is 32.7 Å². The van der Waals surface area contributed by atoms with E-state index in [2.05, 4.69) is 39.4 Å². The molecule has 3 atom stereocenters. The van der Waals surface area contributed by atoms with E-state index < -0.39 is 35.2 Å². The molecule has 7 heteroatoms. The lowest BCUT2D eigenvalue weighted by Crippen LogP contribution is -2.50. The summed E-state index contributed by atoms with van der Waals surface area (Å²) >= 11 is 0. The maximum atomic E-state index is 6.17. The molecule has 0 N–H and O–H groups in total. The fourth-order valence-electron chi connectivity index (χ4n) is 1.39. The second-order valence-electron chi connectivity index (χ2n) is 4.89. The first-order valence-corrected chi connectivity index (χ1v) is 15.9. The molecule has 0 aliphatic carbocycles. The molecule has 0 radical (unpaired) electrons. The van der Waals surface area contributed by atoms with E-state index in [0.29, 0.717) is 0 Å². The Morgan fingerprint density at radius 2 is 1.56 bits per heavy atom. The highest BCUT2D eigenvalue weighted by molar-refractivity contribution is 6.89. The van der Waals surface area contributed by atoms with Crippen molar-refractivity contribution in [2.45, 2.75) is 32.7 Å².